The Kier molecular flexibility index (Phi) is 7.28. The van der Waals surface area contributed by atoms with Gasteiger partial charge in [-0.25, -0.2) is 0 Å². The smallest absolute Gasteiger partial charge is 0.251 e. The summed E-state index contributed by atoms with van der Waals surface area (Å²) >= 11 is 4.74. The fraction of sp³-hybridized carbons (Fsp3) is 0.238. The summed E-state index contributed by atoms with van der Waals surface area (Å²) < 4.78 is 2.78. The molecule has 3 aromatic rings. The highest BCUT2D eigenvalue weighted by Crippen LogP contribution is 2.22. The lowest BCUT2D eigenvalue weighted by molar-refractivity contribution is -0.113. The van der Waals surface area contributed by atoms with Crippen LogP contribution in [0.25, 0.3) is 0 Å². The standard InChI is InChI=1S/C21H22BrN5O2S/c1-13-11-16(9-10-17(13)22)24-18(28)12-30-21-26-25-19(27(21)3)14(2)23-20(29)15-7-5-4-6-8-15/h4-11,14H,12H2,1-3H3,(H,23,29)(H,24,28)/t14-/m0/s1. The minimum absolute atomic E-state index is 0.128. The molecule has 1 atom stereocenters. The molecule has 0 saturated carbocycles. The molecule has 9 heteroatoms. The van der Waals surface area contributed by atoms with Gasteiger partial charge in [-0.1, -0.05) is 45.9 Å². The van der Waals surface area contributed by atoms with Gasteiger partial charge in [-0.3, -0.25) is 9.59 Å². The summed E-state index contributed by atoms with van der Waals surface area (Å²) in [5.74, 6) is 0.512. The van der Waals surface area contributed by atoms with Crippen LogP contribution >= 0.6 is 27.7 Å². The molecule has 30 heavy (non-hydrogen) atoms. The van der Waals surface area contributed by atoms with Crippen LogP contribution in [0.5, 0.6) is 0 Å². The van der Waals surface area contributed by atoms with Crippen LogP contribution in [-0.2, 0) is 11.8 Å². The van der Waals surface area contributed by atoms with Crippen LogP contribution in [0.15, 0.2) is 58.2 Å². The number of carbonyl (C=O) groups is 2. The molecule has 0 fully saturated rings. The molecule has 1 aromatic heterocycles. The second kappa shape index (κ2) is 9.90. The number of rotatable bonds is 7. The van der Waals surface area contributed by atoms with E-state index in [2.05, 4.69) is 36.8 Å². The Balaban J connectivity index is 1.57. The second-order valence-corrected chi connectivity index (χ2v) is 8.56. The Bertz CT molecular complexity index is 1050. The van der Waals surface area contributed by atoms with Crippen molar-refractivity contribution in [2.75, 3.05) is 11.1 Å². The molecule has 2 amide bonds. The number of halogens is 1. The number of carbonyl (C=O) groups excluding carboxylic acids is 2. The Morgan fingerprint density at radius 1 is 1.17 bits per heavy atom. The van der Waals surface area contributed by atoms with Gasteiger partial charge in [0.25, 0.3) is 5.91 Å². The highest BCUT2D eigenvalue weighted by molar-refractivity contribution is 9.10. The third kappa shape index (κ3) is 5.48. The van der Waals surface area contributed by atoms with E-state index in [-0.39, 0.29) is 23.6 Å². The van der Waals surface area contributed by atoms with E-state index in [0.717, 1.165) is 15.7 Å². The van der Waals surface area contributed by atoms with Crippen molar-refractivity contribution in [1.29, 1.82) is 0 Å². The molecule has 2 aromatic carbocycles. The van der Waals surface area contributed by atoms with Gasteiger partial charge in [-0.15, -0.1) is 10.2 Å². The van der Waals surface area contributed by atoms with Crippen molar-refractivity contribution >= 4 is 45.2 Å². The molecule has 3 rings (SSSR count). The Labute approximate surface area is 187 Å². The van der Waals surface area contributed by atoms with Crippen LogP contribution in [0.3, 0.4) is 0 Å². The summed E-state index contributed by atoms with van der Waals surface area (Å²) in [6.45, 7) is 3.81. The first kappa shape index (κ1) is 22.0. The van der Waals surface area contributed by atoms with Gasteiger partial charge < -0.3 is 15.2 Å². The molecule has 0 saturated heterocycles. The Hall–Kier alpha value is -2.65. The van der Waals surface area contributed by atoms with Crippen LogP contribution in [0.2, 0.25) is 0 Å². The number of hydrogen-bond donors (Lipinski definition) is 2. The summed E-state index contributed by atoms with van der Waals surface area (Å²) in [5.41, 5.74) is 2.38. The van der Waals surface area contributed by atoms with Crippen molar-refractivity contribution < 1.29 is 9.59 Å². The van der Waals surface area contributed by atoms with E-state index in [4.69, 9.17) is 0 Å². The zero-order valence-electron chi connectivity index (χ0n) is 16.8. The van der Waals surface area contributed by atoms with Crippen molar-refractivity contribution in [3.63, 3.8) is 0 Å². The average molecular weight is 488 g/mol. The molecule has 0 unspecified atom stereocenters. The summed E-state index contributed by atoms with van der Waals surface area (Å²) in [6.07, 6.45) is 0. The van der Waals surface area contributed by atoms with Gasteiger partial charge in [0.2, 0.25) is 5.91 Å². The number of nitrogens with zero attached hydrogens (tertiary/aromatic N) is 3. The highest BCUT2D eigenvalue weighted by Gasteiger charge is 2.19. The number of anilines is 1. The number of benzene rings is 2. The quantitative estimate of drug-likeness (QED) is 0.489. The fourth-order valence-corrected chi connectivity index (χ4v) is 3.78. The molecule has 0 aliphatic rings. The van der Waals surface area contributed by atoms with E-state index < -0.39 is 0 Å². The molecular formula is C21H22BrN5O2S. The predicted molar refractivity (Wildman–Crippen MR) is 122 cm³/mol. The molecule has 0 aliphatic heterocycles. The Morgan fingerprint density at radius 2 is 1.90 bits per heavy atom. The van der Waals surface area contributed by atoms with Crippen LogP contribution in [0, 0.1) is 6.92 Å². The fourth-order valence-electron chi connectivity index (χ4n) is 2.81. The first-order chi connectivity index (χ1) is 14.3. The maximum absolute atomic E-state index is 12.4. The van der Waals surface area contributed by atoms with Gasteiger partial charge in [-0.2, -0.15) is 0 Å². The van der Waals surface area contributed by atoms with E-state index in [1.165, 1.54) is 11.8 Å². The number of thioether (sulfide) groups is 1. The Morgan fingerprint density at radius 3 is 2.60 bits per heavy atom. The van der Waals surface area contributed by atoms with Crippen LogP contribution in [0.4, 0.5) is 5.69 Å². The third-order valence-corrected chi connectivity index (χ3v) is 6.32. The van der Waals surface area contributed by atoms with E-state index in [1.807, 2.05) is 57.3 Å². The van der Waals surface area contributed by atoms with Gasteiger partial charge in [0.05, 0.1) is 11.8 Å². The van der Waals surface area contributed by atoms with Gasteiger partial charge in [0, 0.05) is 22.8 Å². The van der Waals surface area contributed by atoms with Crippen molar-refractivity contribution in [2.45, 2.75) is 25.0 Å². The summed E-state index contributed by atoms with van der Waals surface area (Å²) in [6, 6.07) is 14.3. The van der Waals surface area contributed by atoms with E-state index in [1.54, 1.807) is 16.7 Å². The number of hydrogen-bond acceptors (Lipinski definition) is 5. The van der Waals surface area contributed by atoms with Crippen molar-refractivity contribution in [1.82, 2.24) is 20.1 Å². The monoisotopic (exact) mass is 487 g/mol. The number of amides is 2. The van der Waals surface area contributed by atoms with Crippen molar-refractivity contribution in [2.24, 2.45) is 7.05 Å². The largest absolute Gasteiger partial charge is 0.342 e. The lowest BCUT2D eigenvalue weighted by atomic mass is 10.2. The van der Waals surface area contributed by atoms with Gasteiger partial charge in [-0.05, 0) is 49.7 Å². The maximum Gasteiger partial charge on any atom is 0.251 e. The molecule has 0 radical (unpaired) electrons. The SMILES string of the molecule is Cc1cc(NC(=O)CSc2nnc([C@H](C)NC(=O)c3ccccc3)n2C)ccc1Br. The van der Waals surface area contributed by atoms with Crippen LogP contribution in [0.1, 0.15) is 34.7 Å². The molecule has 2 N–H and O–H groups in total. The van der Waals surface area contributed by atoms with Crippen LogP contribution in [-0.4, -0.2) is 32.3 Å². The first-order valence-corrected chi connectivity index (χ1v) is 11.1. The topological polar surface area (TPSA) is 88.9 Å². The molecule has 0 bridgehead atoms. The van der Waals surface area contributed by atoms with Crippen molar-refractivity contribution in [3.8, 4) is 0 Å². The average Bonchev–Trinajstić information content (AvgIpc) is 3.10. The molecule has 7 nitrogen and oxygen atoms in total. The third-order valence-electron chi connectivity index (χ3n) is 4.41. The number of aromatic nitrogens is 3. The lowest BCUT2D eigenvalue weighted by Crippen LogP contribution is -2.28. The van der Waals surface area contributed by atoms with Gasteiger partial charge >= 0.3 is 0 Å². The lowest BCUT2D eigenvalue weighted by Gasteiger charge is -2.13. The normalized spacial score (nSPS) is 11.7. The van der Waals surface area contributed by atoms with Gasteiger partial charge in [0.15, 0.2) is 11.0 Å². The highest BCUT2D eigenvalue weighted by atomic mass is 79.9. The molecule has 0 aliphatic carbocycles. The zero-order valence-corrected chi connectivity index (χ0v) is 19.3. The first-order valence-electron chi connectivity index (χ1n) is 9.29. The molecular weight excluding hydrogens is 466 g/mol. The van der Waals surface area contributed by atoms with E-state index in [0.29, 0.717) is 16.5 Å². The zero-order chi connectivity index (χ0) is 21.7. The summed E-state index contributed by atoms with van der Waals surface area (Å²) in [7, 11) is 1.82. The molecule has 0 spiro atoms. The summed E-state index contributed by atoms with van der Waals surface area (Å²) in [4.78, 5) is 24.6. The van der Waals surface area contributed by atoms with Crippen molar-refractivity contribution in [3.05, 3.63) is 70.0 Å². The molecule has 156 valence electrons. The van der Waals surface area contributed by atoms with Gasteiger partial charge in [0.1, 0.15) is 0 Å². The predicted octanol–water partition coefficient (Wildman–Crippen LogP) is 4.11. The second-order valence-electron chi connectivity index (χ2n) is 6.76. The molecule has 1 heterocycles. The summed E-state index contributed by atoms with van der Waals surface area (Å²) in [5, 5.41) is 14.7. The number of nitrogens with one attached hydrogen (secondary N) is 2. The number of aryl methyl sites for hydroxylation is 1. The maximum atomic E-state index is 12.4. The minimum atomic E-state index is -0.330. The minimum Gasteiger partial charge on any atom is -0.342 e. The van der Waals surface area contributed by atoms with E-state index >= 15 is 0 Å². The van der Waals surface area contributed by atoms with Crippen LogP contribution < -0.4 is 10.6 Å². The van der Waals surface area contributed by atoms with E-state index in [9.17, 15) is 9.59 Å².